The number of benzene rings is 2. The highest BCUT2D eigenvalue weighted by Crippen LogP contribution is 2.15. The molecular weight excluding hydrogens is 322 g/mol. The number of halogens is 1. The van der Waals surface area contributed by atoms with Crippen molar-refractivity contribution >= 4 is 29.4 Å². The monoisotopic (exact) mass is 343 g/mol. The van der Waals surface area contributed by atoms with Crippen LogP contribution >= 0.6 is 11.6 Å². The van der Waals surface area contributed by atoms with Gasteiger partial charge in [-0.2, -0.15) is 5.10 Å². The standard InChI is InChI=1S/C19H22ClN3O/c1-13(2)16-6-4-15(5-7-16)12-21-23-19(24)14(3)22-18-10-8-17(20)9-11-18/h4-14,22H,1-3H3,(H,23,24). The van der Waals surface area contributed by atoms with Gasteiger partial charge in [0.2, 0.25) is 0 Å². The zero-order valence-electron chi connectivity index (χ0n) is 14.1. The van der Waals surface area contributed by atoms with E-state index in [2.05, 4.69) is 41.8 Å². The Morgan fingerprint density at radius 1 is 1.04 bits per heavy atom. The van der Waals surface area contributed by atoms with Crippen molar-refractivity contribution in [3.05, 3.63) is 64.7 Å². The Hall–Kier alpha value is -2.33. The second-order valence-electron chi connectivity index (χ2n) is 5.93. The summed E-state index contributed by atoms with van der Waals surface area (Å²) in [5, 5.41) is 7.76. The molecule has 0 aliphatic heterocycles. The molecule has 2 aromatic rings. The molecular formula is C19H22ClN3O. The van der Waals surface area contributed by atoms with Crippen LogP contribution in [0.4, 0.5) is 5.69 Å². The van der Waals surface area contributed by atoms with E-state index in [4.69, 9.17) is 11.6 Å². The van der Waals surface area contributed by atoms with Crippen LogP contribution in [0.5, 0.6) is 0 Å². The number of hydrazone groups is 1. The van der Waals surface area contributed by atoms with E-state index < -0.39 is 6.04 Å². The number of carbonyl (C=O) groups excluding carboxylic acids is 1. The maximum atomic E-state index is 12.0. The van der Waals surface area contributed by atoms with E-state index in [1.807, 2.05) is 24.3 Å². The average Bonchev–Trinajstić information content (AvgIpc) is 2.57. The zero-order chi connectivity index (χ0) is 17.5. The molecule has 5 heteroatoms. The zero-order valence-corrected chi connectivity index (χ0v) is 14.8. The summed E-state index contributed by atoms with van der Waals surface area (Å²) in [5.74, 6) is 0.287. The van der Waals surface area contributed by atoms with E-state index >= 15 is 0 Å². The number of rotatable bonds is 6. The fourth-order valence-electron chi connectivity index (χ4n) is 2.10. The van der Waals surface area contributed by atoms with Gasteiger partial charge in [-0.25, -0.2) is 5.43 Å². The van der Waals surface area contributed by atoms with E-state index in [1.54, 1.807) is 25.3 Å². The van der Waals surface area contributed by atoms with Crippen molar-refractivity contribution in [2.45, 2.75) is 32.7 Å². The lowest BCUT2D eigenvalue weighted by molar-refractivity contribution is -0.121. The SMILES string of the molecule is CC(Nc1ccc(Cl)cc1)C(=O)NN=Cc1ccc(C(C)C)cc1. The van der Waals surface area contributed by atoms with Crippen molar-refractivity contribution in [3.8, 4) is 0 Å². The van der Waals surface area contributed by atoms with Gasteiger partial charge in [0, 0.05) is 10.7 Å². The lowest BCUT2D eigenvalue weighted by atomic mass is 10.0. The lowest BCUT2D eigenvalue weighted by Crippen LogP contribution is -2.34. The fraction of sp³-hybridized carbons (Fsp3) is 0.263. The number of nitrogens with one attached hydrogen (secondary N) is 2. The molecule has 2 rings (SSSR count). The molecule has 24 heavy (non-hydrogen) atoms. The molecule has 0 radical (unpaired) electrons. The normalized spacial score (nSPS) is 12.4. The van der Waals surface area contributed by atoms with Crippen LogP contribution in [0.1, 0.15) is 37.8 Å². The number of anilines is 1. The molecule has 0 aliphatic rings. The number of hydrogen-bond acceptors (Lipinski definition) is 3. The third-order valence-electron chi connectivity index (χ3n) is 3.61. The van der Waals surface area contributed by atoms with Gasteiger partial charge >= 0.3 is 0 Å². The summed E-state index contributed by atoms with van der Waals surface area (Å²) in [6, 6.07) is 14.9. The molecule has 1 unspecified atom stereocenters. The lowest BCUT2D eigenvalue weighted by Gasteiger charge is -2.13. The van der Waals surface area contributed by atoms with Crippen molar-refractivity contribution in [2.75, 3.05) is 5.32 Å². The maximum Gasteiger partial charge on any atom is 0.262 e. The van der Waals surface area contributed by atoms with Crippen molar-refractivity contribution in [3.63, 3.8) is 0 Å². The first-order valence-electron chi connectivity index (χ1n) is 7.90. The molecule has 2 N–H and O–H groups in total. The van der Waals surface area contributed by atoms with Gasteiger partial charge in [0.15, 0.2) is 0 Å². The van der Waals surface area contributed by atoms with Crippen LogP contribution in [0.25, 0.3) is 0 Å². The Morgan fingerprint density at radius 3 is 2.25 bits per heavy atom. The highest BCUT2D eigenvalue weighted by molar-refractivity contribution is 6.30. The van der Waals surface area contributed by atoms with Crippen molar-refractivity contribution in [2.24, 2.45) is 5.10 Å². The smallest absolute Gasteiger partial charge is 0.262 e. The van der Waals surface area contributed by atoms with Crippen LogP contribution in [-0.2, 0) is 4.79 Å². The van der Waals surface area contributed by atoms with Crippen LogP contribution in [0.15, 0.2) is 53.6 Å². The topological polar surface area (TPSA) is 53.5 Å². The Kier molecular flexibility index (Phi) is 6.38. The number of nitrogens with zero attached hydrogens (tertiary/aromatic N) is 1. The van der Waals surface area contributed by atoms with E-state index in [1.165, 1.54) is 5.56 Å². The van der Waals surface area contributed by atoms with Gasteiger partial charge in [-0.3, -0.25) is 4.79 Å². The third kappa shape index (κ3) is 5.39. The molecule has 1 amide bonds. The fourth-order valence-corrected chi connectivity index (χ4v) is 2.22. The minimum atomic E-state index is -0.411. The number of amides is 1. The van der Waals surface area contributed by atoms with Gasteiger partial charge < -0.3 is 5.32 Å². The molecule has 4 nitrogen and oxygen atoms in total. The van der Waals surface area contributed by atoms with Gasteiger partial charge in [-0.05, 0) is 48.2 Å². The van der Waals surface area contributed by atoms with E-state index in [9.17, 15) is 4.79 Å². The molecule has 0 bridgehead atoms. The van der Waals surface area contributed by atoms with Crippen LogP contribution in [0.2, 0.25) is 5.02 Å². The highest BCUT2D eigenvalue weighted by Gasteiger charge is 2.11. The van der Waals surface area contributed by atoms with E-state index in [0.717, 1.165) is 11.3 Å². The van der Waals surface area contributed by atoms with Gasteiger partial charge in [-0.15, -0.1) is 0 Å². The first kappa shape index (κ1) is 18.0. The number of carbonyl (C=O) groups is 1. The number of hydrogen-bond donors (Lipinski definition) is 2. The molecule has 1 atom stereocenters. The predicted octanol–water partition coefficient (Wildman–Crippen LogP) is 4.41. The molecule has 0 saturated heterocycles. The average molecular weight is 344 g/mol. The molecule has 0 aliphatic carbocycles. The molecule has 0 saturated carbocycles. The van der Waals surface area contributed by atoms with Crippen molar-refractivity contribution in [1.82, 2.24) is 5.43 Å². The molecule has 126 valence electrons. The van der Waals surface area contributed by atoms with Crippen LogP contribution < -0.4 is 10.7 Å². The Balaban J connectivity index is 1.86. The minimum absolute atomic E-state index is 0.208. The summed E-state index contributed by atoms with van der Waals surface area (Å²) < 4.78 is 0. The Morgan fingerprint density at radius 2 is 1.67 bits per heavy atom. The molecule has 0 aromatic heterocycles. The van der Waals surface area contributed by atoms with Gasteiger partial charge in [0.25, 0.3) is 5.91 Å². The molecule has 2 aromatic carbocycles. The van der Waals surface area contributed by atoms with Crippen molar-refractivity contribution in [1.29, 1.82) is 0 Å². The molecule has 0 fully saturated rings. The van der Waals surface area contributed by atoms with Crippen LogP contribution in [0, 0.1) is 0 Å². The highest BCUT2D eigenvalue weighted by atomic mass is 35.5. The summed E-state index contributed by atoms with van der Waals surface area (Å²) >= 11 is 5.84. The summed E-state index contributed by atoms with van der Waals surface area (Å²) in [6.07, 6.45) is 1.64. The summed E-state index contributed by atoms with van der Waals surface area (Å²) in [6.45, 7) is 6.08. The minimum Gasteiger partial charge on any atom is -0.374 e. The van der Waals surface area contributed by atoms with Crippen LogP contribution in [0.3, 0.4) is 0 Å². The van der Waals surface area contributed by atoms with Gasteiger partial charge in [0.1, 0.15) is 6.04 Å². The quantitative estimate of drug-likeness (QED) is 0.602. The molecule has 0 spiro atoms. The second kappa shape index (κ2) is 8.50. The van der Waals surface area contributed by atoms with Gasteiger partial charge in [-0.1, -0.05) is 49.7 Å². The first-order chi connectivity index (χ1) is 11.5. The first-order valence-corrected chi connectivity index (χ1v) is 8.28. The van der Waals surface area contributed by atoms with Crippen LogP contribution in [-0.4, -0.2) is 18.2 Å². The molecule has 0 heterocycles. The van der Waals surface area contributed by atoms with Crippen molar-refractivity contribution < 1.29 is 4.79 Å². The summed E-state index contributed by atoms with van der Waals surface area (Å²) in [5.41, 5.74) is 5.59. The Labute approximate surface area is 147 Å². The predicted molar refractivity (Wildman–Crippen MR) is 101 cm³/mol. The maximum absolute atomic E-state index is 12.0. The van der Waals surface area contributed by atoms with E-state index in [-0.39, 0.29) is 5.91 Å². The summed E-state index contributed by atoms with van der Waals surface area (Å²) in [7, 11) is 0. The largest absolute Gasteiger partial charge is 0.374 e. The summed E-state index contributed by atoms with van der Waals surface area (Å²) in [4.78, 5) is 12.0. The van der Waals surface area contributed by atoms with E-state index in [0.29, 0.717) is 10.9 Å². The second-order valence-corrected chi connectivity index (χ2v) is 6.36. The van der Waals surface area contributed by atoms with Gasteiger partial charge in [0.05, 0.1) is 6.21 Å². The third-order valence-corrected chi connectivity index (χ3v) is 3.86. The Bertz CT molecular complexity index is 694.